The Kier molecular flexibility index (Phi) is 6.44. The van der Waals surface area contributed by atoms with Crippen molar-refractivity contribution in [2.75, 3.05) is 7.11 Å². The summed E-state index contributed by atoms with van der Waals surface area (Å²) in [5, 5.41) is 3.51. The Morgan fingerprint density at radius 2 is 1.67 bits per heavy atom. The summed E-state index contributed by atoms with van der Waals surface area (Å²) < 4.78 is 24.9. The van der Waals surface area contributed by atoms with Gasteiger partial charge < -0.3 is 14.8 Å². The molecule has 0 aliphatic rings. The van der Waals surface area contributed by atoms with E-state index in [2.05, 4.69) is 24.4 Å². The molecule has 0 aromatic heterocycles. The Bertz CT molecular complexity index is 867. The highest BCUT2D eigenvalue weighted by Crippen LogP contribution is 2.29. The number of halogens is 1. The first-order valence-corrected chi connectivity index (χ1v) is 8.99. The number of nitrogens with one attached hydrogen (secondary N) is 1. The van der Waals surface area contributed by atoms with E-state index in [4.69, 9.17) is 9.47 Å². The third kappa shape index (κ3) is 5.08. The van der Waals surface area contributed by atoms with Gasteiger partial charge in [-0.2, -0.15) is 0 Å². The van der Waals surface area contributed by atoms with Crippen molar-refractivity contribution in [3.05, 3.63) is 95.3 Å². The lowest BCUT2D eigenvalue weighted by molar-refractivity contribution is 0.279. The van der Waals surface area contributed by atoms with Crippen LogP contribution in [-0.4, -0.2) is 7.11 Å². The van der Waals surface area contributed by atoms with Gasteiger partial charge in [-0.15, -0.1) is 0 Å². The highest BCUT2D eigenvalue weighted by Gasteiger charge is 2.09. The number of rotatable bonds is 8. The maximum atomic E-state index is 13.7. The fourth-order valence-corrected chi connectivity index (χ4v) is 2.84. The molecule has 0 amide bonds. The van der Waals surface area contributed by atoms with Gasteiger partial charge in [-0.05, 0) is 36.2 Å². The van der Waals surface area contributed by atoms with Crippen LogP contribution >= 0.6 is 0 Å². The fourth-order valence-electron chi connectivity index (χ4n) is 2.84. The molecule has 0 unspecified atom stereocenters. The molecule has 27 heavy (non-hydrogen) atoms. The topological polar surface area (TPSA) is 30.5 Å². The summed E-state index contributed by atoms with van der Waals surface area (Å²) in [5.74, 6) is 0.964. The third-order valence-corrected chi connectivity index (χ3v) is 4.48. The van der Waals surface area contributed by atoms with Crippen molar-refractivity contribution in [2.24, 2.45) is 0 Å². The van der Waals surface area contributed by atoms with Crippen molar-refractivity contribution >= 4 is 0 Å². The van der Waals surface area contributed by atoms with E-state index in [1.165, 1.54) is 11.6 Å². The van der Waals surface area contributed by atoms with Crippen LogP contribution in [0.2, 0.25) is 0 Å². The van der Waals surface area contributed by atoms with Crippen LogP contribution < -0.4 is 14.8 Å². The summed E-state index contributed by atoms with van der Waals surface area (Å²) in [6.45, 7) is 3.00. The van der Waals surface area contributed by atoms with Crippen LogP contribution in [0.3, 0.4) is 0 Å². The van der Waals surface area contributed by atoms with Crippen LogP contribution in [0.4, 0.5) is 4.39 Å². The molecule has 0 saturated heterocycles. The third-order valence-electron chi connectivity index (χ3n) is 4.48. The van der Waals surface area contributed by atoms with Crippen molar-refractivity contribution in [3.63, 3.8) is 0 Å². The lowest BCUT2D eigenvalue weighted by Gasteiger charge is -2.16. The molecule has 3 nitrogen and oxygen atoms in total. The van der Waals surface area contributed by atoms with Crippen molar-refractivity contribution in [1.82, 2.24) is 5.32 Å². The van der Waals surface area contributed by atoms with Crippen LogP contribution in [0.5, 0.6) is 11.5 Å². The lowest BCUT2D eigenvalue weighted by atomic mass is 10.1. The Labute approximate surface area is 159 Å². The number of hydrogen-bond acceptors (Lipinski definition) is 3. The van der Waals surface area contributed by atoms with Gasteiger partial charge in [0.1, 0.15) is 12.4 Å². The smallest absolute Gasteiger partial charge is 0.161 e. The number of methoxy groups -OCH3 is 1. The van der Waals surface area contributed by atoms with Gasteiger partial charge in [0.05, 0.1) is 7.11 Å². The van der Waals surface area contributed by atoms with Gasteiger partial charge in [0.2, 0.25) is 0 Å². The van der Waals surface area contributed by atoms with Crippen LogP contribution in [0.1, 0.15) is 29.7 Å². The van der Waals surface area contributed by atoms with Gasteiger partial charge >= 0.3 is 0 Å². The molecule has 0 spiro atoms. The monoisotopic (exact) mass is 365 g/mol. The molecule has 0 radical (unpaired) electrons. The molecule has 1 atom stereocenters. The van der Waals surface area contributed by atoms with E-state index in [0.29, 0.717) is 23.6 Å². The zero-order chi connectivity index (χ0) is 19.1. The summed E-state index contributed by atoms with van der Waals surface area (Å²) in [6.07, 6.45) is 0. The molecule has 3 rings (SSSR count). The first-order valence-electron chi connectivity index (χ1n) is 8.99. The minimum atomic E-state index is -0.271. The number of ether oxygens (including phenoxy) is 2. The molecule has 3 aromatic rings. The molecular formula is C23H24FNO2. The number of benzene rings is 3. The highest BCUT2D eigenvalue weighted by atomic mass is 19.1. The molecule has 0 saturated carbocycles. The molecule has 3 aromatic carbocycles. The molecule has 140 valence electrons. The quantitative estimate of drug-likeness (QED) is 0.590. The Hall–Kier alpha value is -2.85. The van der Waals surface area contributed by atoms with Crippen molar-refractivity contribution < 1.29 is 13.9 Å². The van der Waals surface area contributed by atoms with E-state index in [9.17, 15) is 4.39 Å². The molecule has 0 fully saturated rings. The lowest BCUT2D eigenvalue weighted by Crippen LogP contribution is -2.18. The zero-order valence-corrected chi connectivity index (χ0v) is 15.6. The Morgan fingerprint density at radius 1 is 0.926 bits per heavy atom. The van der Waals surface area contributed by atoms with Gasteiger partial charge in [-0.3, -0.25) is 0 Å². The highest BCUT2D eigenvalue weighted by molar-refractivity contribution is 5.43. The van der Waals surface area contributed by atoms with Crippen molar-refractivity contribution in [2.45, 2.75) is 26.1 Å². The second-order valence-electron chi connectivity index (χ2n) is 6.38. The Morgan fingerprint density at radius 3 is 2.41 bits per heavy atom. The van der Waals surface area contributed by atoms with Gasteiger partial charge in [0, 0.05) is 18.2 Å². The molecule has 1 N–H and O–H groups in total. The molecule has 0 bridgehead atoms. The van der Waals surface area contributed by atoms with Gasteiger partial charge in [-0.1, -0.05) is 54.6 Å². The van der Waals surface area contributed by atoms with E-state index in [1.54, 1.807) is 25.3 Å². The summed E-state index contributed by atoms with van der Waals surface area (Å²) in [7, 11) is 1.61. The van der Waals surface area contributed by atoms with Gasteiger partial charge in [0.15, 0.2) is 11.5 Å². The standard InChI is InChI=1S/C23H24FNO2/c1-17(19-8-4-3-5-9-19)25-15-18-12-13-22(23(14-18)26-2)27-16-20-10-6-7-11-21(20)24/h3-14,17,25H,15-16H2,1-2H3/t17-/m0/s1. The van der Waals surface area contributed by atoms with E-state index in [-0.39, 0.29) is 18.5 Å². The largest absolute Gasteiger partial charge is 0.493 e. The van der Waals surface area contributed by atoms with Crippen LogP contribution in [0, 0.1) is 5.82 Å². The minimum Gasteiger partial charge on any atom is -0.493 e. The normalized spacial score (nSPS) is 11.8. The van der Waals surface area contributed by atoms with Gasteiger partial charge in [0.25, 0.3) is 0 Å². The maximum absolute atomic E-state index is 13.7. The van der Waals surface area contributed by atoms with Crippen LogP contribution in [-0.2, 0) is 13.2 Å². The zero-order valence-electron chi connectivity index (χ0n) is 15.6. The maximum Gasteiger partial charge on any atom is 0.161 e. The molecule has 0 heterocycles. The van der Waals surface area contributed by atoms with Crippen molar-refractivity contribution in [3.8, 4) is 11.5 Å². The predicted octanol–water partition coefficient (Wildman–Crippen LogP) is 5.26. The second kappa shape index (κ2) is 9.19. The fraction of sp³-hybridized carbons (Fsp3) is 0.217. The average Bonchev–Trinajstić information content (AvgIpc) is 2.72. The summed E-state index contributed by atoms with van der Waals surface area (Å²) in [4.78, 5) is 0. The first-order chi connectivity index (χ1) is 13.2. The molecule has 0 aliphatic heterocycles. The van der Waals surface area contributed by atoms with Crippen molar-refractivity contribution in [1.29, 1.82) is 0 Å². The summed E-state index contributed by atoms with van der Waals surface area (Å²) >= 11 is 0. The van der Waals surface area contributed by atoms with Gasteiger partial charge in [-0.25, -0.2) is 4.39 Å². The minimum absolute atomic E-state index is 0.158. The number of hydrogen-bond donors (Lipinski definition) is 1. The molecule has 0 aliphatic carbocycles. The summed E-state index contributed by atoms with van der Waals surface area (Å²) in [6, 6.07) is 23.0. The first kappa shape index (κ1) is 18.9. The van der Waals surface area contributed by atoms with E-state index < -0.39 is 0 Å². The summed E-state index contributed by atoms with van der Waals surface area (Å²) in [5.41, 5.74) is 2.85. The van der Waals surface area contributed by atoms with Crippen LogP contribution in [0.25, 0.3) is 0 Å². The van der Waals surface area contributed by atoms with Crippen LogP contribution in [0.15, 0.2) is 72.8 Å². The molecular weight excluding hydrogens is 341 g/mol. The Balaban J connectivity index is 1.63. The second-order valence-corrected chi connectivity index (χ2v) is 6.38. The van der Waals surface area contributed by atoms with E-state index in [1.807, 2.05) is 36.4 Å². The average molecular weight is 365 g/mol. The SMILES string of the molecule is COc1cc(CN[C@@H](C)c2ccccc2)ccc1OCc1ccccc1F. The van der Waals surface area contributed by atoms with E-state index in [0.717, 1.165) is 5.56 Å². The molecule has 4 heteroatoms. The van der Waals surface area contributed by atoms with E-state index >= 15 is 0 Å². The predicted molar refractivity (Wildman–Crippen MR) is 105 cm³/mol.